The van der Waals surface area contributed by atoms with Crippen LogP contribution in [-0.4, -0.2) is 96.6 Å². The number of hydroxylamine groups is 1. The number of ketones is 1. The van der Waals surface area contributed by atoms with Crippen molar-refractivity contribution in [2.24, 2.45) is 5.92 Å². The van der Waals surface area contributed by atoms with Gasteiger partial charge in [0.1, 0.15) is 6.10 Å². The van der Waals surface area contributed by atoms with Crippen LogP contribution in [-0.2, 0) is 23.8 Å². The molecule has 3 fully saturated rings. The van der Waals surface area contributed by atoms with Crippen LogP contribution in [0.15, 0.2) is 35.1 Å². The molecular weight excluding hydrogens is 655 g/mol. The summed E-state index contributed by atoms with van der Waals surface area (Å²) in [6.45, 7) is 8.13. The Morgan fingerprint density at radius 2 is 1.89 bits per heavy atom. The third-order valence-electron chi connectivity index (χ3n) is 8.96. The van der Waals surface area contributed by atoms with E-state index in [1.807, 2.05) is 28.5 Å². The van der Waals surface area contributed by atoms with E-state index < -0.39 is 36.9 Å². The molecule has 0 saturated carbocycles. The van der Waals surface area contributed by atoms with E-state index in [1.165, 1.54) is 18.9 Å². The number of aliphatic hydroxyl groups is 1. The van der Waals surface area contributed by atoms with Gasteiger partial charge in [0.05, 0.1) is 30.1 Å². The summed E-state index contributed by atoms with van der Waals surface area (Å²) in [5, 5.41) is 18.9. The standard InChI is InChI=1S/C35H51N3O6S3/c1-7-8-9-10-11-29(33-26(22(2)20-27(39)35(33)36-5)16-19-46-47-25-14-17-37-18-15-25)43-32-21-28(40)34(24(4)42-32)38-44-31-13-12-30(45-6)23(3)41-31/h1,8-9,16,22-25,28-32,34,36-38,40H,12-15,17-21H2,2-6H3/b9-8-,26-16-/t22?,23?,24?,28?,29-,30-,31?,32?,34+/m0/s1. The number of piperidine rings is 1. The van der Waals surface area contributed by atoms with Crippen LogP contribution in [0.4, 0.5) is 0 Å². The Hall–Kier alpha value is -1.42. The first-order valence-corrected chi connectivity index (χ1v) is 20.3. The second kappa shape index (κ2) is 19.7. The van der Waals surface area contributed by atoms with Crippen molar-refractivity contribution in [2.45, 2.75) is 113 Å². The molecule has 0 radical (unpaired) electrons. The second-order valence-corrected chi connectivity index (χ2v) is 16.1. The first-order valence-electron chi connectivity index (χ1n) is 16.6. The van der Waals surface area contributed by atoms with Crippen molar-refractivity contribution in [3.8, 4) is 24.2 Å². The Balaban J connectivity index is 1.48. The predicted octanol–water partition coefficient (Wildman–Crippen LogP) is 4.35. The molecule has 4 rings (SSSR count). The smallest absolute Gasteiger partial charge is 0.179 e. The van der Waals surface area contributed by atoms with E-state index in [9.17, 15) is 9.90 Å². The number of allylic oxidation sites excluding steroid dienone is 3. The summed E-state index contributed by atoms with van der Waals surface area (Å²) in [7, 11) is 5.54. The van der Waals surface area contributed by atoms with Crippen LogP contribution in [0.3, 0.4) is 0 Å². The Labute approximate surface area is 293 Å². The second-order valence-electron chi connectivity index (χ2n) is 12.3. The summed E-state index contributed by atoms with van der Waals surface area (Å²) in [6, 6.07) is -0.483. The lowest BCUT2D eigenvalue weighted by molar-refractivity contribution is -0.266. The molecule has 0 amide bonds. The van der Waals surface area contributed by atoms with E-state index in [4.69, 9.17) is 25.5 Å². The van der Waals surface area contributed by atoms with Crippen LogP contribution in [0.2, 0.25) is 0 Å². The van der Waals surface area contributed by atoms with Crippen molar-refractivity contribution in [2.75, 3.05) is 32.1 Å². The number of thioether (sulfide) groups is 1. The molecule has 9 atom stereocenters. The molecule has 0 bridgehead atoms. The molecule has 1 aliphatic carbocycles. The van der Waals surface area contributed by atoms with Crippen LogP contribution >= 0.6 is 33.3 Å². The molecule has 0 aromatic heterocycles. The van der Waals surface area contributed by atoms with Crippen molar-refractivity contribution in [3.05, 3.63) is 35.1 Å². The number of carbonyl (C=O) groups is 1. The van der Waals surface area contributed by atoms with Gasteiger partial charge in [0.25, 0.3) is 0 Å². The predicted molar refractivity (Wildman–Crippen MR) is 193 cm³/mol. The van der Waals surface area contributed by atoms with Crippen LogP contribution in [0.25, 0.3) is 0 Å². The van der Waals surface area contributed by atoms with Gasteiger partial charge in [0.15, 0.2) is 18.4 Å². The zero-order valence-corrected chi connectivity index (χ0v) is 30.6. The summed E-state index contributed by atoms with van der Waals surface area (Å²) in [5.41, 5.74) is 5.26. The third-order valence-corrected chi connectivity index (χ3v) is 13.0. The molecule has 4 aliphatic rings. The molecule has 3 heterocycles. The molecule has 47 heavy (non-hydrogen) atoms. The van der Waals surface area contributed by atoms with E-state index >= 15 is 0 Å². The zero-order valence-electron chi connectivity index (χ0n) is 28.2. The minimum atomic E-state index is -0.818. The number of terminal acetylenes is 1. The van der Waals surface area contributed by atoms with Crippen LogP contribution in [0, 0.1) is 30.1 Å². The van der Waals surface area contributed by atoms with E-state index in [1.54, 1.807) is 24.9 Å². The lowest BCUT2D eigenvalue weighted by Crippen LogP contribution is -2.56. The van der Waals surface area contributed by atoms with E-state index in [0.717, 1.165) is 37.3 Å². The van der Waals surface area contributed by atoms with Gasteiger partial charge in [-0.25, -0.2) is 0 Å². The molecule has 3 aliphatic heterocycles. The number of carbonyl (C=O) groups excluding carboxylic acids is 1. The summed E-state index contributed by atoms with van der Waals surface area (Å²) in [5.74, 6) is 9.44. The van der Waals surface area contributed by atoms with Crippen LogP contribution < -0.4 is 16.1 Å². The van der Waals surface area contributed by atoms with Crippen molar-refractivity contribution in [1.29, 1.82) is 0 Å². The molecule has 9 nitrogen and oxygen atoms in total. The maximum absolute atomic E-state index is 13.3. The number of hydrogen-bond donors (Lipinski definition) is 4. The number of likely N-dealkylation sites (N-methyl/N-ethyl adjacent to an activating group) is 1. The van der Waals surface area contributed by atoms with Crippen LogP contribution in [0.1, 0.15) is 59.3 Å². The molecule has 12 heteroatoms. The highest BCUT2D eigenvalue weighted by Crippen LogP contribution is 2.38. The van der Waals surface area contributed by atoms with Gasteiger partial charge in [0, 0.05) is 48.1 Å². The normalized spacial score (nSPS) is 33.8. The molecule has 3 saturated heterocycles. The van der Waals surface area contributed by atoms with Gasteiger partial charge in [-0.15, -0.1) is 6.42 Å². The Morgan fingerprint density at radius 3 is 2.57 bits per heavy atom. The van der Waals surface area contributed by atoms with Crippen LogP contribution in [0.5, 0.6) is 0 Å². The summed E-state index contributed by atoms with van der Waals surface area (Å²) in [6.07, 6.45) is 14.4. The van der Waals surface area contributed by atoms with Crippen molar-refractivity contribution < 1.29 is 28.9 Å². The number of aliphatic hydroxyl groups excluding tert-OH is 1. The largest absolute Gasteiger partial charge is 0.391 e. The average molecular weight is 706 g/mol. The highest BCUT2D eigenvalue weighted by molar-refractivity contribution is 8.77. The van der Waals surface area contributed by atoms with Gasteiger partial charge < -0.3 is 30.0 Å². The van der Waals surface area contributed by atoms with E-state index in [-0.39, 0.29) is 24.2 Å². The first-order chi connectivity index (χ1) is 22.7. The lowest BCUT2D eigenvalue weighted by Gasteiger charge is -2.41. The molecular formula is C35H51N3O6S3. The highest BCUT2D eigenvalue weighted by Gasteiger charge is 2.40. The SMILES string of the molecule is C#C/C=C\C#C[C@H](OC1CC(O)[C@H](NOC2CC[C@H](SC)C(C)O2)C(C)O1)C1=C(NC)C(=O)CC(C)/C1=C/CSSC1CCNCC1. The highest BCUT2D eigenvalue weighted by atomic mass is 33.1. The number of Topliss-reactive ketones (excluding diaryl/α,β-unsaturated/α-hetero) is 1. The Morgan fingerprint density at radius 1 is 1.13 bits per heavy atom. The maximum atomic E-state index is 13.3. The van der Waals surface area contributed by atoms with Crippen molar-refractivity contribution in [3.63, 3.8) is 0 Å². The van der Waals surface area contributed by atoms with E-state index in [0.29, 0.717) is 28.2 Å². The topological polar surface area (TPSA) is 110 Å². The number of rotatable bonds is 12. The quantitative estimate of drug-likeness (QED) is 0.100. The van der Waals surface area contributed by atoms with Gasteiger partial charge in [-0.2, -0.15) is 17.2 Å². The number of hydrogen-bond acceptors (Lipinski definition) is 12. The fourth-order valence-corrected chi connectivity index (χ4v) is 9.75. The van der Waals surface area contributed by atoms with Crippen molar-refractivity contribution in [1.82, 2.24) is 16.1 Å². The monoisotopic (exact) mass is 705 g/mol. The minimum absolute atomic E-state index is 0.00771. The lowest BCUT2D eigenvalue weighted by atomic mass is 9.79. The van der Waals surface area contributed by atoms with E-state index in [2.05, 4.69) is 60.1 Å². The minimum Gasteiger partial charge on any atom is -0.391 e. The molecule has 6 unspecified atom stereocenters. The van der Waals surface area contributed by atoms with Gasteiger partial charge in [0.2, 0.25) is 0 Å². The molecule has 0 aromatic carbocycles. The van der Waals surface area contributed by atoms with Gasteiger partial charge >= 0.3 is 0 Å². The molecule has 0 spiro atoms. The Kier molecular flexibility index (Phi) is 16.1. The summed E-state index contributed by atoms with van der Waals surface area (Å²) in [4.78, 5) is 19.2. The van der Waals surface area contributed by atoms with Gasteiger partial charge in [-0.1, -0.05) is 52.3 Å². The zero-order chi connectivity index (χ0) is 33.8. The third kappa shape index (κ3) is 11.0. The first kappa shape index (κ1) is 38.4. The molecule has 4 N–H and O–H groups in total. The molecule has 0 aromatic rings. The number of nitrogens with one attached hydrogen (secondary N) is 3. The average Bonchev–Trinajstić information content (AvgIpc) is 3.05. The summed E-state index contributed by atoms with van der Waals surface area (Å²) < 4.78 is 18.9. The molecule has 260 valence electrons. The fourth-order valence-electron chi connectivity index (χ4n) is 6.39. The fraction of sp³-hybridized carbons (Fsp3) is 0.686. The summed E-state index contributed by atoms with van der Waals surface area (Å²) >= 11 is 1.81. The Bertz CT molecular complexity index is 1230. The maximum Gasteiger partial charge on any atom is 0.179 e. The van der Waals surface area contributed by atoms with Gasteiger partial charge in [-0.3, -0.25) is 9.63 Å². The number of ether oxygens (including phenoxy) is 3. The van der Waals surface area contributed by atoms with Gasteiger partial charge in [-0.05, 0) is 76.1 Å². The van der Waals surface area contributed by atoms with Crippen molar-refractivity contribution >= 4 is 39.1 Å².